The molecule has 4 heteroatoms. The molecule has 0 aliphatic rings. The van der Waals surface area contributed by atoms with Gasteiger partial charge in [-0.3, -0.25) is 0 Å². The number of hydrogen-bond acceptors (Lipinski definition) is 3. The van der Waals surface area contributed by atoms with Crippen LogP contribution in [-0.2, 0) is 8.85 Å². The molecular formula is C8H20O2SSi. The molecule has 0 spiro atoms. The summed E-state index contributed by atoms with van der Waals surface area (Å²) in [6.07, 6.45) is 1.10. The topological polar surface area (TPSA) is 18.5 Å². The summed E-state index contributed by atoms with van der Waals surface area (Å²) in [5.74, 6) is 0.921. The molecule has 0 heterocycles. The average Bonchev–Trinajstić information content (AvgIpc) is 2.04. The molecular weight excluding hydrogens is 188 g/mol. The fraction of sp³-hybridized carbons (Fsp3) is 1.00. The van der Waals surface area contributed by atoms with Gasteiger partial charge in [-0.05, 0) is 31.6 Å². The van der Waals surface area contributed by atoms with Crippen molar-refractivity contribution in [2.75, 3.05) is 19.0 Å². The van der Waals surface area contributed by atoms with Gasteiger partial charge in [-0.25, -0.2) is 0 Å². The lowest BCUT2D eigenvalue weighted by Gasteiger charge is -2.20. The fourth-order valence-electron chi connectivity index (χ4n) is 1.04. The van der Waals surface area contributed by atoms with E-state index in [9.17, 15) is 0 Å². The summed E-state index contributed by atoms with van der Waals surface area (Å²) in [7, 11) is -1.39. The zero-order valence-corrected chi connectivity index (χ0v) is 10.3. The molecule has 0 N–H and O–H groups in total. The maximum Gasteiger partial charge on any atom is 0.324 e. The van der Waals surface area contributed by atoms with Crippen molar-refractivity contribution in [3.8, 4) is 0 Å². The maximum atomic E-state index is 5.58. The van der Waals surface area contributed by atoms with Gasteiger partial charge in [0.2, 0.25) is 0 Å². The predicted octanol–water partition coefficient (Wildman–Crippen LogP) is 1.99. The first-order valence-electron chi connectivity index (χ1n) is 4.60. The zero-order chi connectivity index (χ0) is 9.40. The Morgan fingerprint density at radius 3 is 2.08 bits per heavy atom. The van der Waals surface area contributed by atoms with Gasteiger partial charge in [0.1, 0.15) is 0 Å². The normalized spacial score (nSPS) is 13.8. The van der Waals surface area contributed by atoms with Gasteiger partial charge in [0.15, 0.2) is 0 Å². The molecule has 0 aromatic rings. The van der Waals surface area contributed by atoms with E-state index in [0.717, 1.165) is 25.4 Å². The van der Waals surface area contributed by atoms with E-state index in [0.29, 0.717) is 5.54 Å². The largest absolute Gasteiger partial charge is 0.397 e. The molecule has 0 amide bonds. The Morgan fingerprint density at radius 1 is 1.25 bits per heavy atom. The predicted molar refractivity (Wildman–Crippen MR) is 58.3 cm³/mol. The first-order valence-corrected chi connectivity index (χ1v) is 6.84. The Balaban J connectivity index is 3.72. The highest BCUT2D eigenvalue weighted by Gasteiger charge is 2.20. The minimum atomic E-state index is -1.39. The molecule has 0 bridgehead atoms. The van der Waals surface area contributed by atoms with Crippen LogP contribution in [0, 0.1) is 0 Å². The molecule has 0 aromatic heterocycles. The maximum absolute atomic E-state index is 5.58. The van der Waals surface area contributed by atoms with Gasteiger partial charge in [0.25, 0.3) is 0 Å². The van der Waals surface area contributed by atoms with Crippen LogP contribution in [-0.4, -0.2) is 28.3 Å². The summed E-state index contributed by atoms with van der Waals surface area (Å²) in [5, 5.41) is 0. The second-order valence-electron chi connectivity index (χ2n) is 2.77. The first-order chi connectivity index (χ1) is 5.76. The Kier molecular flexibility index (Phi) is 8.43. The molecule has 0 aromatic carbocycles. The van der Waals surface area contributed by atoms with E-state index < -0.39 is 9.28 Å². The molecule has 2 nitrogen and oxygen atoms in total. The third kappa shape index (κ3) is 5.19. The van der Waals surface area contributed by atoms with E-state index >= 15 is 0 Å². The van der Waals surface area contributed by atoms with Crippen LogP contribution in [0.2, 0.25) is 5.54 Å². The molecule has 0 saturated carbocycles. The van der Waals surface area contributed by atoms with Crippen molar-refractivity contribution in [3.63, 3.8) is 0 Å². The molecule has 0 saturated heterocycles. The van der Waals surface area contributed by atoms with Crippen LogP contribution < -0.4 is 0 Å². The lowest BCUT2D eigenvalue weighted by atomic mass is 10.4. The monoisotopic (exact) mass is 208 g/mol. The van der Waals surface area contributed by atoms with Crippen LogP contribution in [0.25, 0.3) is 0 Å². The van der Waals surface area contributed by atoms with Gasteiger partial charge in [-0.15, -0.1) is 0 Å². The Bertz CT molecular complexity index is 97.1. The second kappa shape index (κ2) is 8.10. The minimum absolute atomic E-state index is 0.572. The summed E-state index contributed by atoms with van der Waals surface area (Å²) in [4.78, 5) is 0. The Morgan fingerprint density at radius 2 is 1.75 bits per heavy atom. The fourth-order valence-corrected chi connectivity index (χ4v) is 3.58. The van der Waals surface area contributed by atoms with Crippen LogP contribution in [0.5, 0.6) is 0 Å². The first kappa shape index (κ1) is 12.5. The lowest BCUT2D eigenvalue weighted by molar-refractivity contribution is 0.204. The van der Waals surface area contributed by atoms with E-state index in [4.69, 9.17) is 8.85 Å². The highest BCUT2D eigenvalue weighted by atomic mass is 32.1. The smallest absolute Gasteiger partial charge is 0.324 e. The van der Waals surface area contributed by atoms with E-state index in [1.807, 2.05) is 13.8 Å². The average molecular weight is 208 g/mol. The van der Waals surface area contributed by atoms with Gasteiger partial charge < -0.3 is 8.85 Å². The molecule has 0 aliphatic carbocycles. The summed E-state index contributed by atoms with van der Waals surface area (Å²) < 4.78 is 11.2. The van der Waals surface area contributed by atoms with Gasteiger partial charge >= 0.3 is 9.28 Å². The number of hydrogen-bond donors (Lipinski definition) is 1. The van der Waals surface area contributed by atoms with Gasteiger partial charge in [-0.1, -0.05) is 6.92 Å². The van der Waals surface area contributed by atoms with Crippen LogP contribution >= 0.6 is 12.6 Å². The third-order valence-corrected chi connectivity index (χ3v) is 4.56. The summed E-state index contributed by atoms with van der Waals surface area (Å²) in [6.45, 7) is 7.78. The quantitative estimate of drug-likeness (QED) is 0.509. The SMILES string of the molecule is CCO[SiH](OCC)C(C)CCS. The van der Waals surface area contributed by atoms with E-state index in [2.05, 4.69) is 19.6 Å². The molecule has 0 rings (SSSR count). The Hall–Kier alpha value is 0.487. The molecule has 0 radical (unpaired) electrons. The van der Waals surface area contributed by atoms with Gasteiger partial charge in [-0.2, -0.15) is 12.6 Å². The van der Waals surface area contributed by atoms with E-state index in [1.54, 1.807) is 0 Å². The summed E-state index contributed by atoms with van der Waals surface area (Å²) in [5.41, 5.74) is 0.572. The minimum Gasteiger partial charge on any atom is -0.397 e. The van der Waals surface area contributed by atoms with Crippen molar-refractivity contribution >= 4 is 21.9 Å². The van der Waals surface area contributed by atoms with Gasteiger partial charge in [0, 0.05) is 13.2 Å². The van der Waals surface area contributed by atoms with Gasteiger partial charge in [0.05, 0.1) is 0 Å². The van der Waals surface area contributed by atoms with Crippen molar-refractivity contribution in [3.05, 3.63) is 0 Å². The van der Waals surface area contributed by atoms with Crippen LogP contribution in [0.3, 0.4) is 0 Å². The van der Waals surface area contributed by atoms with E-state index in [-0.39, 0.29) is 0 Å². The molecule has 1 atom stereocenters. The summed E-state index contributed by atoms with van der Waals surface area (Å²) in [6, 6.07) is 0. The Labute approximate surface area is 82.9 Å². The van der Waals surface area contributed by atoms with Crippen LogP contribution in [0.4, 0.5) is 0 Å². The van der Waals surface area contributed by atoms with Crippen molar-refractivity contribution in [1.82, 2.24) is 0 Å². The van der Waals surface area contributed by atoms with Crippen molar-refractivity contribution in [2.24, 2.45) is 0 Å². The molecule has 1 unspecified atom stereocenters. The number of thiol groups is 1. The van der Waals surface area contributed by atoms with Crippen LogP contribution in [0.15, 0.2) is 0 Å². The number of rotatable bonds is 7. The second-order valence-corrected chi connectivity index (χ2v) is 5.76. The highest BCUT2D eigenvalue weighted by molar-refractivity contribution is 7.80. The zero-order valence-electron chi connectivity index (χ0n) is 8.25. The van der Waals surface area contributed by atoms with Crippen molar-refractivity contribution < 1.29 is 8.85 Å². The van der Waals surface area contributed by atoms with Crippen molar-refractivity contribution in [1.29, 1.82) is 0 Å². The molecule has 0 fully saturated rings. The standard InChI is InChI=1S/C8H20O2SSi/c1-4-9-12(10-5-2)8(3)6-7-11/h8,11-12H,4-7H2,1-3H3. The molecule has 0 aliphatic heterocycles. The lowest BCUT2D eigenvalue weighted by Crippen LogP contribution is -2.28. The van der Waals surface area contributed by atoms with Crippen LogP contribution in [0.1, 0.15) is 27.2 Å². The molecule has 12 heavy (non-hydrogen) atoms. The highest BCUT2D eigenvalue weighted by Crippen LogP contribution is 2.16. The molecule has 74 valence electrons. The van der Waals surface area contributed by atoms with Crippen molar-refractivity contribution in [2.45, 2.75) is 32.7 Å². The summed E-state index contributed by atoms with van der Waals surface area (Å²) >= 11 is 4.20. The van der Waals surface area contributed by atoms with E-state index in [1.165, 1.54) is 0 Å². The third-order valence-electron chi connectivity index (χ3n) is 1.71.